The number of non-ortho nitro benzene ring substituents is 1. The molecule has 0 spiro atoms. The van der Waals surface area contributed by atoms with Gasteiger partial charge in [0, 0.05) is 28.1 Å². The Hall–Kier alpha value is -1.43. The number of benzene rings is 1. The first-order valence-corrected chi connectivity index (χ1v) is 4.16. The predicted molar refractivity (Wildman–Crippen MR) is 48.4 cm³/mol. The minimum atomic E-state index is -0.470. The standard InChI is InChI=1S/C7H3BrN2O3/c8-7-9-5-3-4(10(11)12)1-2-6(5)13-7/h1-3H. The number of nitro benzene ring substituents is 1. The maximum Gasteiger partial charge on any atom is 0.271 e. The smallest absolute Gasteiger partial charge is 0.271 e. The molecule has 5 nitrogen and oxygen atoms in total. The lowest BCUT2D eigenvalue weighted by molar-refractivity contribution is -0.384. The van der Waals surface area contributed by atoms with Crippen molar-refractivity contribution in [3.63, 3.8) is 0 Å². The minimum Gasteiger partial charge on any atom is -0.431 e. The molecule has 0 N–H and O–H groups in total. The average molecular weight is 243 g/mol. The lowest BCUT2D eigenvalue weighted by Crippen LogP contribution is -1.86. The summed E-state index contributed by atoms with van der Waals surface area (Å²) in [5, 5.41) is 10.4. The van der Waals surface area contributed by atoms with E-state index in [0.717, 1.165) is 0 Å². The SMILES string of the molecule is O=[N+]([O-])c1ccc2oc(Br)nc2c1. The van der Waals surface area contributed by atoms with Crippen LogP contribution in [0, 0.1) is 10.1 Å². The van der Waals surface area contributed by atoms with Crippen LogP contribution in [0.1, 0.15) is 0 Å². The van der Waals surface area contributed by atoms with Crippen molar-refractivity contribution in [2.24, 2.45) is 0 Å². The van der Waals surface area contributed by atoms with Gasteiger partial charge in [-0.1, -0.05) is 0 Å². The summed E-state index contributed by atoms with van der Waals surface area (Å²) in [7, 11) is 0. The molecular formula is C7H3BrN2O3. The van der Waals surface area contributed by atoms with Crippen LogP contribution in [0.5, 0.6) is 0 Å². The first kappa shape index (κ1) is 8.18. The molecular weight excluding hydrogens is 240 g/mol. The van der Waals surface area contributed by atoms with Gasteiger partial charge in [0.15, 0.2) is 5.58 Å². The van der Waals surface area contributed by atoms with Crippen LogP contribution in [0.15, 0.2) is 27.4 Å². The van der Waals surface area contributed by atoms with Gasteiger partial charge in [0.05, 0.1) is 4.92 Å². The molecule has 0 unspecified atom stereocenters. The van der Waals surface area contributed by atoms with Gasteiger partial charge in [-0.3, -0.25) is 10.1 Å². The fourth-order valence-electron chi connectivity index (χ4n) is 1.00. The zero-order chi connectivity index (χ0) is 9.42. The number of halogens is 1. The molecule has 6 heteroatoms. The molecule has 0 bridgehead atoms. The molecule has 0 saturated heterocycles. The van der Waals surface area contributed by atoms with Crippen LogP contribution in [0.25, 0.3) is 11.1 Å². The van der Waals surface area contributed by atoms with Gasteiger partial charge in [-0.2, -0.15) is 0 Å². The van der Waals surface area contributed by atoms with Crippen LogP contribution in [0.4, 0.5) is 5.69 Å². The van der Waals surface area contributed by atoms with Crippen LogP contribution < -0.4 is 0 Å². The Morgan fingerprint density at radius 1 is 1.54 bits per heavy atom. The molecule has 0 aliphatic carbocycles. The van der Waals surface area contributed by atoms with Crippen LogP contribution in [-0.4, -0.2) is 9.91 Å². The van der Waals surface area contributed by atoms with Gasteiger partial charge in [0.1, 0.15) is 5.52 Å². The van der Waals surface area contributed by atoms with Gasteiger partial charge < -0.3 is 4.42 Å². The lowest BCUT2D eigenvalue weighted by atomic mass is 10.3. The number of rotatable bonds is 1. The number of nitrogens with zero attached hydrogens (tertiary/aromatic N) is 2. The highest BCUT2D eigenvalue weighted by Crippen LogP contribution is 2.23. The third-order valence-electron chi connectivity index (χ3n) is 1.56. The molecule has 0 radical (unpaired) electrons. The normalized spacial score (nSPS) is 10.5. The maximum atomic E-state index is 10.4. The molecule has 0 aliphatic rings. The number of hydrogen-bond acceptors (Lipinski definition) is 4. The van der Waals surface area contributed by atoms with Crippen LogP contribution in [0.3, 0.4) is 0 Å². The van der Waals surface area contributed by atoms with Crippen LogP contribution in [-0.2, 0) is 0 Å². The van der Waals surface area contributed by atoms with E-state index >= 15 is 0 Å². The van der Waals surface area contributed by atoms with Crippen molar-refractivity contribution in [2.45, 2.75) is 0 Å². The first-order chi connectivity index (χ1) is 6.16. The molecule has 1 aromatic heterocycles. The molecule has 0 fully saturated rings. The van der Waals surface area contributed by atoms with E-state index in [-0.39, 0.29) is 5.69 Å². The fraction of sp³-hybridized carbons (Fsp3) is 0. The van der Waals surface area contributed by atoms with Gasteiger partial charge in [-0.05, 0) is 6.07 Å². The van der Waals surface area contributed by atoms with Gasteiger partial charge >= 0.3 is 0 Å². The quantitative estimate of drug-likeness (QED) is 0.569. The predicted octanol–water partition coefficient (Wildman–Crippen LogP) is 2.50. The summed E-state index contributed by atoms with van der Waals surface area (Å²) in [6.45, 7) is 0. The molecule has 0 amide bonds. The van der Waals surface area contributed by atoms with E-state index in [1.165, 1.54) is 18.2 Å². The highest BCUT2D eigenvalue weighted by Gasteiger charge is 2.09. The zero-order valence-corrected chi connectivity index (χ0v) is 7.82. The number of aromatic nitrogens is 1. The third-order valence-corrected chi connectivity index (χ3v) is 1.90. The van der Waals surface area contributed by atoms with E-state index in [1.807, 2.05) is 0 Å². The summed E-state index contributed by atoms with van der Waals surface area (Å²) in [6.07, 6.45) is 0. The summed E-state index contributed by atoms with van der Waals surface area (Å²) in [6, 6.07) is 4.26. The molecule has 66 valence electrons. The molecule has 0 aliphatic heterocycles. The van der Waals surface area contributed by atoms with E-state index in [9.17, 15) is 10.1 Å². The van der Waals surface area contributed by atoms with E-state index in [2.05, 4.69) is 20.9 Å². The number of hydrogen-bond donors (Lipinski definition) is 0. The Morgan fingerprint density at radius 2 is 2.31 bits per heavy atom. The van der Waals surface area contributed by atoms with Gasteiger partial charge in [-0.15, -0.1) is 0 Å². The molecule has 0 saturated carbocycles. The largest absolute Gasteiger partial charge is 0.431 e. The molecule has 1 heterocycles. The second kappa shape index (κ2) is 2.81. The Morgan fingerprint density at radius 3 is 3.00 bits per heavy atom. The number of nitro groups is 1. The Labute approximate surface area is 80.6 Å². The summed E-state index contributed by atoms with van der Waals surface area (Å²) >= 11 is 3.04. The Kier molecular flexibility index (Phi) is 1.77. The molecule has 0 atom stereocenters. The molecule has 1 aromatic carbocycles. The highest BCUT2D eigenvalue weighted by atomic mass is 79.9. The van der Waals surface area contributed by atoms with Gasteiger partial charge in [-0.25, -0.2) is 4.98 Å². The summed E-state index contributed by atoms with van der Waals surface area (Å²) < 4.78 is 5.09. The Balaban J connectivity index is 2.67. The fourth-order valence-corrected chi connectivity index (χ4v) is 1.37. The van der Waals surface area contributed by atoms with E-state index in [0.29, 0.717) is 15.9 Å². The Bertz CT molecular complexity index is 480. The van der Waals surface area contributed by atoms with Crippen molar-refractivity contribution in [2.75, 3.05) is 0 Å². The van der Waals surface area contributed by atoms with Crippen molar-refractivity contribution in [3.8, 4) is 0 Å². The van der Waals surface area contributed by atoms with Crippen molar-refractivity contribution in [3.05, 3.63) is 33.1 Å². The highest BCUT2D eigenvalue weighted by molar-refractivity contribution is 9.10. The van der Waals surface area contributed by atoms with Crippen molar-refractivity contribution in [1.29, 1.82) is 0 Å². The first-order valence-electron chi connectivity index (χ1n) is 3.37. The van der Waals surface area contributed by atoms with Gasteiger partial charge in [0.2, 0.25) is 0 Å². The second-order valence-corrected chi connectivity index (χ2v) is 3.05. The maximum absolute atomic E-state index is 10.4. The average Bonchev–Trinajstić information content (AvgIpc) is 2.42. The summed E-state index contributed by atoms with van der Waals surface area (Å²) in [5.41, 5.74) is 1.01. The third kappa shape index (κ3) is 1.40. The zero-order valence-electron chi connectivity index (χ0n) is 6.23. The van der Waals surface area contributed by atoms with Crippen molar-refractivity contribution < 1.29 is 9.34 Å². The molecule has 13 heavy (non-hydrogen) atoms. The van der Waals surface area contributed by atoms with Crippen molar-refractivity contribution >= 4 is 32.7 Å². The summed E-state index contributed by atoms with van der Waals surface area (Å²) in [4.78, 5) is 14.1. The minimum absolute atomic E-state index is 0.00769. The van der Waals surface area contributed by atoms with Crippen LogP contribution >= 0.6 is 15.9 Å². The van der Waals surface area contributed by atoms with E-state index in [4.69, 9.17) is 4.42 Å². The number of oxazole rings is 1. The van der Waals surface area contributed by atoms with E-state index < -0.39 is 4.92 Å². The summed E-state index contributed by atoms with van der Waals surface area (Å²) in [5.74, 6) is 0. The number of fused-ring (bicyclic) bond motifs is 1. The molecule has 2 aromatic rings. The lowest BCUT2D eigenvalue weighted by Gasteiger charge is -1.88. The topological polar surface area (TPSA) is 69.2 Å². The molecule has 2 rings (SSSR count). The van der Waals surface area contributed by atoms with Crippen molar-refractivity contribution in [1.82, 2.24) is 4.98 Å². The monoisotopic (exact) mass is 242 g/mol. The van der Waals surface area contributed by atoms with Crippen LogP contribution in [0.2, 0.25) is 0 Å². The van der Waals surface area contributed by atoms with E-state index in [1.54, 1.807) is 0 Å². The van der Waals surface area contributed by atoms with Gasteiger partial charge in [0.25, 0.3) is 10.5 Å². The second-order valence-electron chi connectivity index (χ2n) is 2.38.